The second kappa shape index (κ2) is 27.7. The molecule has 0 rings (SSSR count). The van der Waals surface area contributed by atoms with E-state index in [0.717, 1.165) is 24.8 Å². The summed E-state index contributed by atoms with van der Waals surface area (Å²) in [6.07, 6.45) is 36.7. The number of hydrogen-bond donors (Lipinski definition) is 0. The van der Waals surface area contributed by atoms with E-state index < -0.39 is 0 Å². The predicted octanol–water partition coefficient (Wildman–Crippen LogP) is 11.7. The second-order valence-corrected chi connectivity index (χ2v) is 10.7. The lowest BCUT2D eigenvalue weighted by molar-refractivity contribution is -0.115. The van der Waals surface area contributed by atoms with E-state index in [1.807, 2.05) is 0 Å². The number of allylic oxidation sites excluding steroid dienone is 1. The number of carbonyl (C=O) groups is 1. The summed E-state index contributed by atoms with van der Waals surface area (Å²) in [4.78, 5) is 11.7. The molecule has 0 aliphatic heterocycles. The molecular weight excluding hydrogens is 400 g/mol. The molecule has 0 saturated carbocycles. The monoisotopic (exact) mass is 462 g/mol. The SMILES string of the molecule is C=C(CCCCCCCCCCCCCCCCCCCCCCCCCC)C(=O)CCC. The van der Waals surface area contributed by atoms with Crippen LogP contribution in [0.5, 0.6) is 0 Å². The number of Topliss-reactive ketones (excluding diaryl/α,β-unsaturated/α-hetero) is 1. The van der Waals surface area contributed by atoms with Gasteiger partial charge in [-0.15, -0.1) is 0 Å². The van der Waals surface area contributed by atoms with Crippen molar-refractivity contribution in [3.8, 4) is 0 Å². The van der Waals surface area contributed by atoms with Crippen LogP contribution in [0, 0.1) is 0 Å². The van der Waals surface area contributed by atoms with Crippen LogP contribution in [0.25, 0.3) is 0 Å². The van der Waals surface area contributed by atoms with E-state index in [1.54, 1.807) is 0 Å². The van der Waals surface area contributed by atoms with Crippen LogP contribution >= 0.6 is 0 Å². The number of rotatable bonds is 28. The molecule has 0 saturated heterocycles. The van der Waals surface area contributed by atoms with Gasteiger partial charge in [-0.3, -0.25) is 4.79 Å². The molecule has 0 aromatic rings. The van der Waals surface area contributed by atoms with Gasteiger partial charge in [-0.1, -0.05) is 168 Å². The Hall–Kier alpha value is -0.590. The summed E-state index contributed by atoms with van der Waals surface area (Å²) >= 11 is 0. The molecule has 0 aliphatic rings. The van der Waals surface area contributed by atoms with E-state index in [-0.39, 0.29) is 5.78 Å². The number of unbranched alkanes of at least 4 members (excludes halogenated alkanes) is 23. The van der Waals surface area contributed by atoms with Gasteiger partial charge in [0.15, 0.2) is 5.78 Å². The van der Waals surface area contributed by atoms with E-state index in [2.05, 4.69) is 20.4 Å². The van der Waals surface area contributed by atoms with Crippen molar-refractivity contribution < 1.29 is 4.79 Å². The second-order valence-electron chi connectivity index (χ2n) is 10.7. The van der Waals surface area contributed by atoms with Crippen molar-refractivity contribution in [2.45, 2.75) is 187 Å². The first-order valence-corrected chi connectivity index (χ1v) is 15.4. The van der Waals surface area contributed by atoms with Crippen LogP contribution in [0.4, 0.5) is 0 Å². The van der Waals surface area contributed by atoms with E-state index in [4.69, 9.17) is 0 Å². The maximum Gasteiger partial charge on any atom is 0.158 e. The molecule has 0 aromatic carbocycles. The highest BCUT2D eigenvalue weighted by Crippen LogP contribution is 2.16. The highest BCUT2D eigenvalue weighted by molar-refractivity contribution is 5.94. The van der Waals surface area contributed by atoms with E-state index >= 15 is 0 Å². The van der Waals surface area contributed by atoms with Crippen molar-refractivity contribution in [3.63, 3.8) is 0 Å². The van der Waals surface area contributed by atoms with Crippen molar-refractivity contribution >= 4 is 5.78 Å². The fourth-order valence-electron chi connectivity index (χ4n) is 4.84. The summed E-state index contributed by atoms with van der Waals surface area (Å²) in [5, 5.41) is 0. The minimum absolute atomic E-state index is 0.284. The van der Waals surface area contributed by atoms with E-state index in [1.165, 1.54) is 148 Å². The van der Waals surface area contributed by atoms with Crippen LogP contribution in [0.3, 0.4) is 0 Å². The number of hydrogen-bond acceptors (Lipinski definition) is 1. The fraction of sp³-hybridized carbons (Fsp3) is 0.906. The van der Waals surface area contributed by atoms with Crippen LogP contribution in [0.15, 0.2) is 12.2 Å². The van der Waals surface area contributed by atoms with Gasteiger partial charge >= 0.3 is 0 Å². The van der Waals surface area contributed by atoms with Gasteiger partial charge in [0.2, 0.25) is 0 Å². The third kappa shape index (κ3) is 25.9. The molecule has 1 heteroatoms. The minimum Gasteiger partial charge on any atom is -0.295 e. The summed E-state index contributed by atoms with van der Waals surface area (Å²) in [5.41, 5.74) is 0.857. The normalized spacial score (nSPS) is 11.2. The minimum atomic E-state index is 0.284. The predicted molar refractivity (Wildman–Crippen MR) is 150 cm³/mol. The molecule has 0 N–H and O–H groups in total. The Morgan fingerprint density at radius 3 is 0.939 bits per heavy atom. The standard InChI is InChI=1S/C32H62O/c1-4-6-7-8-9-10-11-12-13-14-15-16-17-18-19-20-21-22-23-24-25-26-27-28-30-31(3)32(33)29-5-2/h3-30H2,1-2H3. The van der Waals surface area contributed by atoms with Crippen LogP contribution in [0.2, 0.25) is 0 Å². The van der Waals surface area contributed by atoms with Crippen molar-refractivity contribution in [2.75, 3.05) is 0 Å². The summed E-state index contributed by atoms with van der Waals surface area (Å²) < 4.78 is 0. The molecule has 0 bridgehead atoms. The largest absolute Gasteiger partial charge is 0.295 e. The Kier molecular flexibility index (Phi) is 27.2. The van der Waals surface area contributed by atoms with Gasteiger partial charge in [0, 0.05) is 6.42 Å². The Labute approximate surface area is 210 Å². The molecular formula is C32H62O. The van der Waals surface area contributed by atoms with Crippen LogP contribution in [-0.4, -0.2) is 5.78 Å². The van der Waals surface area contributed by atoms with Crippen molar-refractivity contribution in [2.24, 2.45) is 0 Å². The van der Waals surface area contributed by atoms with Crippen molar-refractivity contribution in [1.82, 2.24) is 0 Å². The lowest BCUT2D eigenvalue weighted by Crippen LogP contribution is -2.00. The van der Waals surface area contributed by atoms with Gasteiger partial charge in [-0.25, -0.2) is 0 Å². The molecule has 0 spiro atoms. The molecule has 33 heavy (non-hydrogen) atoms. The van der Waals surface area contributed by atoms with E-state index in [9.17, 15) is 4.79 Å². The molecule has 0 heterocycles. The first-order valence-electron chi connectivity index (χ1n) is 15.4. The molecule has 0 aliphatic carbocycles. The molecule has 0 unspecified atom stereocenters. The van der Waals surface area contributed by atoms with Gasteiger partial charge < -0.3 is 0 Å². The van der Waals surface area contributed by atoms with Crippen LogP contribution in [0.1, 0.15) is 187 Å². The average Bonchev–Trinajstić information content (AvgIpc) is 2.81. The number of ketones is 1. The fourth-order valence-corrected chi connectivity index (χ4v) is 4.84. The Morgan fingerprint density at radius 2 is 0.667 bits per heavy atom. The van der Waals surface area contributed by atoms with Gasteiger partial charge in [-0.05, 0) is 24.8 Å². The topological polar surface area (TPSA) is 17.1 Å². The molecule has 0 fully saturated rings. The maximum absolute atomic E-state index is 11.7. The molecule has 0 amide bonds. The maximum atomic E-state index is 11.7. The van der Waals surface area contributed by atoms with E-state index in [0.29, 0.717) is 6.42 Å². The average molecular weight is 463 g/mol. The third-order valence-electron chi connectivity index (χ3n) is 7.20. The van der Waals surface area contributed by atoms with Crippen LogP contribution < -0.4 is 0 Å². The first-order chi connectivity index (χ1) is 16.2. The van der Waals surface area contributed by atoms with Crippen LogP contribution in [-0.2, 0) is 4.79 Å². The Balaban J connectivity index is 3.10. The number of carbonyl (C=O) groups excluding carboxylic acids is 1. The lowest BCUT2D eigenvalue weighted by Gasteiger charge is -2.05. The highest BCUT2D eigenvalue weighted by atomic mass is 16.1. The highest BCUT2D eigenvalue weighted by Gasteiger charge is 2.05. The zero-order chi connectivity index (χ0) is 24.2. The summed E-state index contributed by atoms with van der Waals surface area (Å²) in [5.74, 6) is 0.284. The van der Waals surface area contributed by atoms with Gasteiger partial charge in [0.1, 0.15) is 0 Å². The van der Waals surface area contributed by atoms with Gasteiger partial charge in [-0.2, -0.15) is 0 Å². The van der Waals surface area contributed by atoms with Gasteiger partial charge in [0.25, 0.3) is 0 Å². The summed E-state index contributed by atoms with van der Waals surface area (Å²) in [7, 11) is 0. The smallest absolute Gasteiger partial charge is 0.158 e. The molecule has 0 radical (unpaired) electrons. The quantitative estimate of drug-likeness (QED) is 0.0834. The Morgan fingerprint density at radius 1 is 0.394 bits per heavy atom. The molecule has 0 atom stereocenters. The summed E-state index contributed by atoms with van der Waals surface area (Å²) in [6, 6.07) is 0. The van der Waals surface area contributed by atoms with Crippen molar-refractivity contribution in [1.29, 1.82) is 0 Å². The van der Waals surface area contributed by atoms with Gasteiger partial charge in [0.05, 0.1) is 0 Å². The first kappa shape index (κ1) is 32.4. The zero-order valence-electron chi connectivity index (χ0n) is 23.2. The van der Waals surface area contributed by atoms with Crippen molar-refractivity contribution in [3.05, 3.63) is 12.2 Å². The third-order valence-corrected chi connectivity index (χ3v) is 7.20. The lowest BCUT2D eigenvalue weighted by atomic mass is 10.0. The molecule has 1 nitrogen and oxygen atoms in total. The zero-order valence-corrected chi connectivity index (χ0v) is 23.2. The molecule has 196 valence electrons. The summed E-state index contributed by atoms with van der Waals surface area (Å²) in [6.45, 7) is 8.31. The molecule has 0 aromatic heterocycles. The Bertz CT molecular complexity index is 411.